The van der Waals surface area contributed by atoms with Gasteiger partial charge in [-0.05, 0) is 56.2 Å². The van der Waals surface area contributed by atoms with Crippen molar-refractivity contribution in [1.82, 2.24) is 0 Å². The minimum Gasteiger partial charge on any atom is -0.0725 e. The average Bonchev–Trinajstić information content (AvgIpc) is 2.93. The molecular weight excluding hydrogens is 316 g/mol. The lowest BCUT2D eigenvalue weighted by atomic mass is 10.0. The second kappa shape index (κ2) is 8.49. The summed E-state index contributed by atoms with van der Waals surface area (Å²) < 4.78 is 0. The van der Waals surface area contributed by atoms with E-state index in [-0.39, 0.29) is 0 Å². The Morgan fingerprint density at radius 2 is 1.64 bits per heavy atom. The third-order valence-electron chi connectivity index (χ3n) is 4.93. The van der Waals surface area contributed by atoms with Gasteiger partial charge in [0.05, 0.1) is 0 Å². The van der Waals surface area contributed by atoms with Crippen molar-refractivity contribution in [3.63, 3.8) is 0 Å². The summed E-state index contributed by atoms with van der Waals surface area (Å²) >= 11 is 0. The summed E-state index contributed by atoms with van der Waals surface area (Å²) in [5.74, 6) is 0. The van der Waals surface area contributed by atoms with Gasteiger partial charge < -0.3 is 0 Å². The number of benzene rings is 2. The molecule has 0 nitrogen and oxygen atoms in total. The van der Waals surface area contributed by atoms with Crippen molar-refractivity contribution in [3.05, 3.63) is 87.6 Å². The van der Waals surface area contributed by atoms with Gasteiger partial charge in [0.2, 0.25) is 0 Å². The van der Waals surface area contributed by atoms with Crippen LogP contribution in [0.25, 0.3) is 0 Å². The lowest BCUT2D eigenvalue weighted by molar-refractivity contribution is 0.795. The number of aryl methyl sites for hydroxylation is 1. The van der Waals surface area contributed by atoms with Gasteiger partial charge in [0, 0.05) is 0 Å². The van der Waals surface area contributed by atoms with Crippen LogP contribution in [0.3, 0.4) is 0 Å². The van der Waals surface area contributed by atoms with Crippen molar-refractivity contribution in [2.75, 3.05) is 0 Å². The molecule has 0 heterocycles. The molecule has 0 unspecified atom stereocenters. The van der Waals surface area contributed by atoms with Gasteiger partial charge >= 0.3 is 0 Å². The monoisotopic (exact) mass is 344 g/mol. The molecule has 0 saturated carbocycles. The predicted octanol–water partition coefficient (Wildman–Crippen LogP) is 5.57. The molecule has 0 N–H and O–H groups in total. The van der Waals surface area contributed by atoms with E-state index >= 15 is 0 Å². The molecule has 1 aliphatic carbocycles. The quantitative estimate of drug-likeness (QED) is 0.576. The third-order valence-corrected chi connectivity index (χ3v) is 6.56. The molecule has 25 heavy (non-hydrogen) atoms. The van der Waals surface area contributed by atoms with E-state index in [1.807, 2.05) is 0 Å². The number of hydrogen-bond donors (Lipinski definition) is 0. The third kappa shape index (κ3) is 4.82. The summed E-state index contributed by atoms with van der Waals surface area (Å²) in [4.78, 5) is 0. The second-order valence-corrected chi connectivity index (χ2v) is 8.60. The van der Waals surface area contributed by atoms with Gasteiger partial charge in [-0.15, -0.1) is 0 Å². The first kappa shape index (κ1) is 17.9. The highest BCUT2D eigenvalue weighted by atomic mass is 28.2. The summed E-state index contributed by atoms with van der Waals surface area (Å²) in [5, 5.41) is 3.12. The Balaban J connectivity index is 1.72. The fourth-order valence-electron chi connectivity index (χ4n) is 3.45. The van der Waals surface area contributed by atoms with E-state index in [2.05, 4.69) is 75.4 Å². The zero-order valence-electron chi connectivity index (χ0n) is 15.7. The van der Waals surface area contributed by atoms with Crippen LogP contribution in [0.5, 0.6) is 0 Å². The maximum atomic E-state index is 2.35. The Morgan fingerprint density at radius 1 is 0.920 bits per heavy atom. The minimum absolute atomic E-state index is 0.800. The highest BCUT2D eigenvalue weighted by Crippen LogP contribution is 2.24. The Kier molecular flexibility index (Phi) is 6.09. The van der Waals surface area contributed by atoms with Gasteiger partial charge in [-0.1, -0.05) is 89.5 Å². The van der Waals surface area contributed by atoms with Crippen LogP contribution < -0.4 is 5.19 Å². The summed E-state index contributed by atoms with van der Waals surface area (Å²) in [7, 11) is 0.800. The van der Waals surface area contributed by atoms with Crippen molar-refractivity contribution in [3.8, 4) is 0 Å². The van der Waals surface area contributed by atoms with E-state index in [9.17, 15) is 0 Å². The Hall–Kier alpha value is -1.86. The van der Waals surface area contributed by atoms with Gasteiger partial charge in [-0.25, -0.2) is 0 Å². The van der Waals surface area contributed by atoms with E-state index in [1.165, 1.54) is 52.3 Å². The summed E-state index contributed by atoms with van der Waals surface area (Å²) in [6.07, 6.45) is 8.29. The smallest absolute Gasteiger partial charge is 0.0725 e. The van der Waals surface area contributed by atoms with Crippen LogP contribution in [0.15, 0.2) is 70.9 Å². The van der Waals surface area contributed by atoms with E-state index < -0.39 is 0 Å². The first-order valence-corrected chi connectivity index (χ1v) is 10.5. The molecule has 1 aliphatic rings. The lowest BCUT2D eigenvalue weighted by Gasteiger charge is -2.11. The van der Waals surface area contributed by atoms with Crippen LogP contribution in [0.1, 0.15) is 56.7 Å². The normalized spacial score (nSPS) is 14.1. The van der Waals surface area contributed by atoms with Gasteiger partial charge in [0.1, 0.15) is 9.52 Å². The first-order chi connectivity index (χ1) is 12.2. The van der Waals surface area contributed by atoms with E-state index in [1.54, 1.807) is 5.20 Å². The standard InChI is InChI=1S/C24H28Si/c1-4-5-8-20-11-13-21(14-12-20)17-22-9-6-7-10-23(22)25-24-16-18(2)15-19(24)3/h6-7,9-15H,4-5,8,16-17H2,1-3H3. The summed E-state index contributed by atoms with van der Waals surface area (Å²) in [6, 6.07) is 18.2. The number of rotatable bonds is 7. The molecule has 2 radical (unpaired) electrons. The van der Waals surface area contributed by atoms with E-state index in [4.69, 9.17) is 0 Å². The molecule has 0 bridgehead atoms. The topological polar surface area (TPSA) is 0 Å². The van der Waals surface area contributed by atoms with Crippen LogP contribution >= 0.6 is 0 Å². The lowest BCUT2D eigenvalue weighted by Crippen LogP contribution is -2.21. The van der Waals surface area contributed by atoms with Crippen LogP contribution in [-0.4, -0.2) is 9.52 Å². The van der Waals surface area contributed by atoms with Gasteiger partial charge in [0.15, 0.2) is 0 Å². The molecule has 1 heteroatoms. The molecule has 0 aliphatic heterocycles. The van der Waals surface area contributed by atoms with Crippen molar-refractivity contribution in [2.45, 2.75) is 52.9 Å². The number of unbranched alkanes of at least 4 members (excludes halogenated alkanes) is 1. The molecule has 0 spiro atoms. The Morgan fingerprint density at radius 3 is 2.32 bits per heavy atom. The van der Waals surface area contributed by atoms with Crippen LogP contribution in [0.2, 0.25) is 0 Å². The van der Waals surface area contributed by atoms with Crippen molar-refractivity contribution in [1.29, 1.82) is 0 Å². The molecule has 0 aromatic heterocycles. The fourth-order valence-corrected chi connectivity index (χ4v) is 4.93. The van der Waals surface area contributed by atoms with Gasteiger partial charge in [0.25, 0.3) is 0 Å². The first-order valence-electron chi connectivity index (χ1n) is 9.45. The summed E-state index contributed by atoms with van der Waals surface area (Å²) in [5.41, 5.74) is 7.34. The maximum absolute atomic E-state index is 2.35. The zero-order chi connectivity index (χ0) is 17.6. The van der Waals surface area contributed by atoms with Gasteiger partial charge in [-0.2, -0.15) is 0 Å². The van der Waals surface area contributed by atoms with Gasteiger partial charge in [-0.3, -0.25) is 0 Å². The summed E-state index contributed by atoms with van der Waals surface area (Å²) in [6.45, 7) is 6.76. The molecule has 2 aromatic carbocycles. The van der Waals surface area contributed by atoms with Crippen LogP contribution in [-0.2, 0) is 12.8 Å². The van der Waals surface area contributed by atoms with Crippen molar-refractivity contribution in [2.24, 2.45) is 0 Å². The molecule has 2 aromatic rings. The highest BCUT2D eigenvalue weighted by Gasteiger charge is 2.13. The van der Waals surface area contributed by atoms with E-state index in [0.717, 1.165) is 22.4 Å². The minimum atomic E-state index is 0.800. The van der Waals surface area contributed by atoms with E-state index in [0.29, 0.717) is 0 Å². The molecular formula is C24H28Si. The largest absolute Gasteiger partial charge is 0.117 e. The van der Waals surface area contributed by atoms with Crippen molar-refractivity contribution >= 4 is 14.7 Å². The number of allylic oxidation sites excluding steroid dienone is 4. The average molecular weight is 345 g/mol. The fraction of sp³-hybridized carbons (Fsp3) is 0.333. The molecule has 128 valence electrons. The Labute approximate surface area is 155 Å². The molecule has 3 rings (SSSR count). The molecule has 0 atom stereocenters. The second-order valence-electron chi connectivity index (χ2n) is 7.21. The molecule has 0 fully saturated rings. The highest BCUT2D eigenvalue weighted by molar-refractivity contribution is 6.62. The zero-order valence-corrected chi connectivity index (χ0v) is 16.7. The maximum Gasteiger partial charge on any atom is 0.117 e. The molecule has 0 saturated heterocycles. The molecule has 0 amide bonds. The number of hydrogen-bond acceptors (Lipinski definition) is 0. The van der Waals surface area contributed by atoms with Crippen LogP contribution in [0, 0.1) is 0 Å². The van der Waals surface area contributed by atoms with Crippen LogP contribution in [0.4, 0.5) is 0 Å². The SMILES string of the molecule is CCCCc1ccc(Cc2ccccc2[Si]C2=C(C)C=C(C)C2)cc1. The van der Waals surface area contributed by atoms with Crippen molar-refractivity contribution < 1.29 is 0 Å². The Bertz CT molecular complexity index is 778. The predicted molar refractivity (Wildman–Crippen MR) is 111 cm³/mol.